The van der Waals surface area contributed by atoms with Gasteiger partial charge in [-0.15, -0.1) is 21.5 Å². The maximum Gasteiger partial charge on any atom is 0.264 e. The average molecular weight is 443 g/mol. The molecule has 30 heavy (non-hydrogen) atoms. The van der Waals surface area contributed by atoms with Crippen molar-refractivity contribution in [3.63, 3.8) is 0 Å². The Balaban J connectivity index is 1.17. The lowest BCUT2D eigenvalue weighted by atomic mass is 9.50. The molecule has 8 heteroatoms. The second-order valence-electron chi connectivity index (χ2n) is 9.73. The second-order valence-corrected chi connectivity index (χ2v) is 11.7. The van der Waals surface area contributed by atoms with Crippen LogP contribution in [-0.2, 0) is 10.2 Å². The lowest BCUT2D eigenvalue weighted by molar-refractivity contribution is -0.119. The Morgan fingerprint density at radius 2 is 1.83 bits per heavy atom. The molecular formula is C22H26N4O2S2. The van der Waals surface area contributed by atoms with E-state index >= 15 is 0 Å². The Morgan fingerprint density at radius 3 is 2.50 bits per heavy atom. The molecule has 0 unspecified atom stereocenters. The third kappa shape index (κ3) is 3.11. The van der Waals surface area contributed by atoms with Crippen LogP contribution in [0.4, 0.5) is 5.13 Å². The molecule has 4 bridgehead atoms. The Labute approximate surface area is 184 Å². The number of carbonyl (C=O) groups excluding carboxylic acids is 2. The van der Waals surface area contributed by atoms with Gasteiger partial charge in [-0.05, 0) is 80.6 Å². The van der Waals surface area contributed by atoms with Crippen LogP contribution in [-0.4, -0.2) is 39.5 Å². The molecule has 1 N–H and O–H groups in total. The van der Waals surface area contributed by atoms with Crippen LogP contribution in [0.2, 0.25) is 0 Å². The maximum atomic E-state index is 13.0. The van der Waals surface area contributed by atoms with Crippen molar-refractivity contribution in [2.45, 2.75) is 62.8 Å². The van der Waals surface area contributed by atoms with E-state index in [4.69, 9.17) is 0 Å². The second kappa shape index (κ2) is 7.12. The van der Waals surface area contributed by atoms with Gasteiger partial charge in [0.25, 0.3) is 5.91 Å². The summed E-state index contributed by atoms with van der Waals surface area (Å²) in [6, 6.07) is 3.27. The lowest BCUT2D eigenvalue weighted by Crippen LogP contribution is -2.48. The van der Waals surface area contributed by atoms with Gasteiger partial charge < -0.3 is 4.90 Å². The fraction of sp³-hybridized carbons (Fsp3) is 0.636. The van der Waals surface area contributed by atoms with Crippen molar-refractivity contribution in [1.29, 1.82) is 0 Å². The third-order valence-electron chi connectivity index (χ3n) is 7.70. The van der Waals surface area contributed by atoms with Gasteiger partial charge in [0.2, 0.25) is 11.0 Å². The molecule has 4 aliphatic carbocycles. The number of hydrogen-bond donors (Lipinski definition) is 1. The maximum absolute atomic E-state index is 13.0. The number of anilines is 1. The van der Waals surface area contributed by atoms with Crippen molar-refractivity contribution in [1.82, 2.24) is 15.1 Å². The van der Waals surface area contributed by atoms with Crippen LogP contribution in [0.1, 0.15) is 66.0 Å². The van der Waals surface area contributed by atoms with Crippen LogP contribution in [0.25, 0.3) is 0 Å². The van der Waals surface area contributed by atoms with E-state index in [1.807, 2.05) is 17.5 Å². The standard InChI is InChI=1S/C22H26N4O2S2/c27-18(16-3-1-5-26(16)19(28)17-4-2-6-29-17)23-21-25-24-20(30-21)22-10-13-7-14(11-22)9-15(8-13)12-22/h2,4,6,13-16H,1,3,5,7-12H2,(H,23,25,27)/t13?,14?,15?,16-,22?/m0/s1. The van der Waals surface area contributed by atoms with Crippen LogP contribution in [0, 0.1) is 17.8 Å². The molecule has 4 saturated carbocycles. The zero-order chi connectivity index (χ0) is 20.3. The minimum atomic E-state index is -0.425. The molecule has 2 amide bonds. The van der Waals surface area contributed by atoms with Crippen LogP contribution < -0.4 is 5.32 Å². The van der Waals surface area contributed by atoms with Gasteiger partial charge in [-0.2, -0.15) is 0 Å². The third-order valence-corrected chi connectivity index (χ3v) is 9.64. The van der Waals surface area contributed by atoms with Crippen LogP contribution in [0.5, 0.6) is 0 Å². The van der Waals surface area contributed by atoms with E-state index in [2.05, 4.69) is 15.5 Å². The average Bonchev–Trinajstić information content (AvgIpc) is 3.47. The summed E-state index contributed by atoms with van der Waals surface area (Å²) >= 11 is 2.98. The topological polar surface area (TPSA) is 75.2 Å². The van der Waals surface area contributed by atoms with Gasteiger partial charge in [-0.3, -0.25) is 14.9 Å². The number of nitrogens with one attached hydrogen (secondary N) is 1. The molecule has 3 heterocycles. The van der Waals surface area contributed by atoms with Gasteiger partial charge in [0, 0.05) is 12.0 Å². The molecule has 1 atom stereocenters. The summed E-state index contributed by atoms with van der Waals surface area (Å²) in [6.45, 7) is 0.628. The molecule has 0 aromatic carbocycles. The van der Waals surface area contributed by atoms with Crippen LogP contribution in [0.15, 0.2) is 17.5 Å². The number of thiophene rings is 1. The number of likely N-dealkylation sites (tertiary alicyclic amines) is 1. The Hall–Kier alpha value is -1.80. The predicted octanol–water partition coefficient (Wildman–Crippen LogP) is 4.31. The number of nitrogens with zero attached hydrogens (tertiary/aromatic N) is 3. The number of hydrogen-bond acceptors (Lipinski definition) is 6. The Morgan fingerprint density at radius 1 is 1.10 bits per heavy atom. The van der Waals surface area contributed by atoms with Gasteiger partial charge >= 0.3 is 0 Å². The molecule has 158 valence electrons. The molecule has 2 aromatic heterocycles. The minimum absolute atomic E-state index is 0.0471. The van der Waals surface area contributed by atoms with E-state index < -0.39 is 6.04 Å². The van der Waals surface area contributed by atoms with Gasteiger partial charge in [-0.25, -0.2) is 0 Å². The van der Waals surface area contributed by atoms with Gasteiger partial charge in [-0.1, -0.05) is 17.4 Å². The fourth-order valence-corrected chi connectivity index (χ4v) is 8.52. The van der Waals surface area contributed by atoms with E-state index in [0.29, 0.717) is 23.0 Å². The zero-order valence-electron chi connectivity index (χ0n) is 16.9. The molecule has 2 aromatic rings. The largest absolute Gasteiger partial charge is 0.326 e. The number of carbonyl (C=O) groups is 2. The Bertz CT molecular complexity index is 934. The van der Waals surface area contributed by atoms with E-state index in [1.165, 1.54) is 49.9 Å². The summed E-state index contributed by atoms with van der Waals surface area (Å²) in [5.41, 5.74) is 0.198. The highest BCUT2D eigenvalue weighted by atomic mass is 32.1. The van der Waals surface area contributed by atoms with E-state index in [0.717, 1.165) is 29.2 Å². The summed E-state index contributed by atoms with van der Waals surface area (Å²) in [5.74, 6) is 2.38. The molecule has 1 saturated heterocycles. The van der Waals surface area contributed by atoms with Gasteiger partial charge in [0.15, 0.2) is 0 Å². The number of aromatic nitrogens is 2. The van der Waals surface area contributed by atoms with Crippen molar-refractivity contribution in [3.8, 4) is 0 Å². The van der Waals surface area contributed by atoms with Crippen molar-refractivity contribution in [2.24, 2.45) is 17.8 Å². The molecule has 5 aliphatic rings. The van der Waals surface area contributed by atoms with Crippen LogP contribution >= 0.6 is 22.7 Å². The van der Waals surface area contributed by atoms with Gasteiger partial charge in [0.1, 0.15) is 11.0 Å². The number of rotatable bonds is 4. The smallest absolute Gasteiger partial charge is 0.264 e. The summed E-state index contributed by atoms with van der Waals surface area (Å²) in [5, 5.41) is 15.5. The summed E-state index contributed by atoms with van der Waals surface area (Å²) in [7, 11) is 0. The SMILES string of the molecule is O=C(Nc1nnc(C23CC4CC(CC(C4)C2)C3)s1)[C@@H]1CCCN1C(=O)c1cccs1. The number of amides is 2. The highest BCUT2D eigenvalue weighted by molar-refractivity contribution is 7.15. The lowest BCUT2D eigenvalue weighted by Gasteiger charge is -2.55. The van der Waals surface area contributed by atoms with Crippen molar-refractivity contribution >= 4 is 39.6 Å². The highest BCUT2D eigenvalue weighted by Gasteiger charge is 2.53. The molecule has 1 aliphatic heterocycles. The summed E-state index contributed by atoms with van der Waals surface area (Å²) < 4.78 is 0. The molecule has 0 spiro atoms. The van der Waals surface area contributed by atoms with Crippen molar-refractivity contribution in [3.05, 3.63) is 27.4 Å². The molecule has 0 radical (unpaired) electrons. The minimum Gasteiger partial charge on any atom is -0.326 e. The monoisotopic (exact) mass is 442 g/mol. The highest BCUT2D eigenvalue weighted by Crippen LogP contribution is 2.61. The van der Waals surface area contributed by atoms with E-state index in [9.17, 15) is 9.59 Å². The molecular weight excluding hydrogens is 416 g/mol. The van der Waals surface area contributed by atoms with E-state index in [-0.39, 0.29) is 17.2 Å². The van der Waals surface area contributed by atoms with Gasteiger partial charge in [0.05, 0.1) is 4.88 Å². The van der Waals surface area contributed by atoms with E-state index in [1.54, 1.807) is 16.2 Å². The molecule has 6 nitrogen and oxygen atoms in total. The normalized spacial score (nSPS) is 34.5. The molecule has 5 fully saturated rings. The summed E-state index contributed by atoms with van der Waals surface area (Å²) in [6.07, 6.45) is 9.48. The van der Waals surface area contributed by atoms with Crippen LogP contribution in [0.3, 0.4) is 0 Å². The summed E-state index contributed by atoms with van der Waals surface area (Å²) in [4.78, 5) is 28.2. The molecule has 7 rings (SSSR count). The first-order valence-electron chi connectivity index (χ1n) is 11.1. The Kier molecular flexibility index (Phi) is 4.49. The first kappa shape index (κ1) is 18.9. The predicted molar refractivity (Wildman–Crippen MR) is 117 cm³/mol. The first-order chi connectivity index (χ1) is 14.6. The first-order valence-corrected chi connectivity index (χ1v) is 12.8. The van der Waals surface area contributed by atoms with Crippen molar-refractivity contribution in [2.75, 3.05) is 11.9 Å². The van der Waals surface area contributed by atoms with Crippen molar-refractivity contribution < 1.29 is 9.59 Å². The quantitative estimate of drug-likeness (QED) is 0.766. The fourth-order valence-electron chi connectivity index (χ4n) is 6.87. The zero-order valence-corrected chi connectivity index (χ0v) is 18.5.